The summed E-state index contributed by atoms with van der Waals surface area (Å²) in [7, 11) is 0. The molecular weight excluding hydrogens is 396 g/mol. The summed E-state index contributed by atoms with van der Waals surface area (Å²) in [5.74, 6) is 0.137. The van der Waals surface area contributed by atoms with Crippen LogP contribution in [0.2, 0.25) is 5.02 Å². The van der Waals surface area contributed by atoms with Gasteiger partial charge in [0.2, 0.25) is 5.91 Å². The number of H-pyrrole nitrogens is 1. The van der Waals surface area contributed by atoms with E-state index in [1.807, 2.05) is 23.2 Å². The summed E-state index contributed by atoms with van der Waals surface area (Å²) < 4.78 is 0. The smallest absolute Gasteiger partial charge is 0.228 e. The minimum absolute atomic E-state index is 0.137. The summed E-state index contributed by atoms with van der Waals surface area (Å²) in [6.45, 7) is 1.46. The number of likely N-dealkylation sites (tertiary alicyclic amines) is 1. The van der Waals surface area contributed by atoms with Crippen LogP contribution in [0.3, 0.4) is 0 Å². The van der Waals surface area contributed by atoms with Gasteiger partial charge in [0, 0.05) is 36.1 Å². The zero-order valence-corrected chi connectivity index (χ0v) is 17.5. The number of hydrogen-bond acceptors (Lipinski definition) is 3. The number of benzene rings is 1. The number of hydrogen-bond donors (Lipinski definition) is 1. The number of carbonyl (C=O) groups excluding carboxylic acids is 1. The van der Waals surface area contributed by atoms with Gasteiger partial charge in [-0.2, -0.15) is 0 Å². The lowest BCUT2D eigenvalue weighted by atomic mass is 9.88. The molecule has 3 heterocycles. The Morgan fingerprint density at radius 1 is 1.07 bits per heavy atom. The Balaban J connectivity index is 1.47. The number of nitrogens with zero attached hydrogens (tertiary/aromatic N) is 3. The molecule has 1 amide bonds. The maximum absolute atomic E-state index is 12.7. The molecule has 0 radical (unpaired) electrons. The fraction of sp³-hybridized carbons (Fsp3) is 0.292. The lowest BCUT2D eigenvalue weighted by Crippen LogP contribution is -2.37. The minimum Gasteiger partial charge on any atom is -0.351 e. The van der Waals surface area contributed by atoms with E-state index in [1.165, 1.54) is 27.8 Å². The number of nitrogens with one attached hydrogen (secondary N) is 1. The lowest BCUT2D eigenvalue weighted by molar-refractivity contribution is -0.130. The molecule has 0 bridgehead atoms. The normalized spacial score (nSPS) is 16.1. The van der Waals surface area contributed by atoms with E-state index in [0.717, 1.165) is 55.2 Å². The van der Waals surface area contributed by atoms with Gasteiger partial charge >= 0.3 is 0 Å². The standard InChI is InChI=1S/C24H23ClN4O/c25-19-5-6-21-18(12-19)4-3-17-2-1-9-27-24(17)23(21)16-7-10-29(11-8-16)22(30)13-20-14-26-15-28-20/h1-2,5-6,9,12,14-15H,3-4,7-8,10-11,13H2,(H,26,28). The molecular formula is C24H23ClN4O. The summed E-state index contributed by atoms with van der Waals surface area (Å²) in [6.07, 6.45) is 9.26. The van der Waals surface area contributed by atoms with Crippen molar-refractivity contribution in [1.82, 2.24) is 19.9 Å². The molecule has 1 N–H and O–H groups in total. The Morgan fingerprint density at radius 2 is 1.90 bits per heavy atom. The summed E-state index contributed by atoms with van der Waals surface area (Å²) in [4.78, 5) is 26.5. The maximum atomic E-state index is 12.7. The summed E-state index contributed by atoms with van der Waals surface area (Å²) in [6, 6.07) is 10.4. The second-order valence-electron chi connectivity index (χ2n) is 7.91. The number of piperidine rings is 1. The molecule has 2 aromatic heterocycles. The third-order valence-corrected chi connectivity index (χ3v) is 6.32. The summed E-state index contributed by atoms with van der Waals surface area (Å²) >= 11 is 6.30. The van der Waals surface area contributed by atoms with Crippen LogP contribution >= 0.6 is 11.6 Å². The molecule has 0 saturated carbocycles. The van der Waals surface area contributed by atoms with Gasteiger partial charge in [-0.3, -0.25) is 9.78 Å². The number of amides is 1. The number of carbonyl (C=O) groups is 1. The zero-order chi connectivity index (χ0) is 20.5. The van der Waals surface area contributed by atoms with Crippen molar-refractivity contribution in [2.75, 3.05) is 13.1 Å². The van der Waals surface area contributed by atoms with Crippen LogP contribution in [0.5, 0.6) is 0 Å². The first-order valence-electron chi connectivity index (χ1n) is 10.4. The molecule has 152 valence electrons. The Labute approximate surface area is 180 Å². The lowest BCUT2D eigenvalue weighted by Gasteiger charge is -2.30. The van der Waals surface area contributed by atoms with Gasteiger partial charge in [0.25, 0.3) is 0 Å². The highest BCUT2D eigenvalue weighted by atomic mass is 35.5. The van der Waals surface area contributed by atoms with Crippen LogP contribution < -0.4 is 0 Å². The first-order chi connectivity index (χ1) is 14.7. The molecule has 0 unspecified atom stereocenters. The van der Waals surface area contributed by atoms with Crippen molar-refractivity contribution in [3.63, 3.8) is 0 Å². The van der Waals surface area contributed by atoms with Gasteiger partial charge < -0.3 is 9.88 Å². The van der Waals surface area contributed by atoms with Crippen LogP contribution in [0.4, 0.5) is 0 Å². The number of rotatable bonds is 2. The highest BCUT2D eigenvalue weighted by Crippen LogP contribution is 2.38. The number of pyridine rings is 1. The Morgan fingerprint density at radius 3 is 2.70 bits per heavy atom. The van der Waals surface area contributed by atoms with Crippen molar-refractivity contribution in [3.05, 3.63) is 87.7 Å². The average Bonchev–Trinajstić information content (AvgIpc) is 3.22. The topological polar surface area (TPSA) is 61.9 Å². The zero-order valence-electron chi connectivity index (χ0n) is 16.7. The fourth-order valence-corrected chi connectivity index (χ4v) is 4.76. The van der Waals surface area contributed by atoms with E-state index in [0.29, 0.717) is 6.42 Å². The third-order valence-electron chi connectivity index (χ3n) is 6.09. The van der Waals surface area contributed by atoms with E-state index in [9.17, 15) is 4.79 Å². The molecule has 2 aliphatic rings. The van der Waals surface area contributed by atoms with Crippen molar-refractivity contribution < 1.29 is 4.79 Å². The first-order valence-corrected chi connectivity index (χ1v) is 10.8. The van der Waals surface area contributed by atoms with Gasteiger partial charge in [0.1, 0.15) is 0 Å². The number of aromatic nitrogens is 3. The van der Waals surface area contributed by atoms with E-state index in [-0.39, 0.29) is 5.91 Å². The first kappa shape index (κ1) is 19.1. The molecule has 1 aromatic carbocycles. The molecule has 1 fully saturated rings. The van der Waals surface area contributed by atoms with Crippen LogP contribution in [0.15, 0.2) is 54.6 Å². The number of aromatic amines is 1. The van der Waals surface area contributed by atoms with Gasteiger partial charge in [-0.1, -0.05) is 29.3 Å². The maximum Gasteiger partial charge on any atom is 0.228 e. The van der Waals surface area contributed by atoms with Gasteiger partial charge in [-0.25, -0.2) is 4.98 Å². The van der Waals surface area contributed by atoms with Gasteiger partial charge in [-0.15, -0.1) is 0 Å². The van der Waals surface area contributed by atoms with E-state index in [2.05, 4.69) is 28.2 Å². The molecule has 6 heteroatoms. The second-order valence-corrected chi connectivity index (χ2v) is 8.35. The molecule has 5 rings (SSSR count). The molecule has 3 aromatic rings. The molecule has 1 aliphatic carbocycles. The van der Waals surface area contributed by atoms with Gasteiger partial charge in [0.15, 0.2) is 0 Å². The molecule has 0 atom stereocenters. The van der Waals surface area contributed by atoms with Crippen LogP contribution in [0.1, 0.15) is 40.9 Å². The van der Waals surface area contributed by atoms with Crippen LogP contribution in [-0.2, 0) is 24.1 Å². The molecule has 1 saturated heterocycles. The van der Waals surface area contributed by atoms with E-state index >= 15 is 0 Å². The minimum atomic E-state index is 0.137. The van der Waals surface area contributed by atoms with Gasteiger partial charge in [0.05, 0.1) is 24.1 Å². The fourth-order valence-electron chi connectivity index (χ4n) is 4.56. The molecule has 1 aliphatic heterocycles. The van der Waals surface area contributed by atoms with Crippen molar-refractivity contribution in [2.24, 2.45) is 0 Å². The van der Waals surface area contributed by atoms with Crippen molar-refractivity contribution >= 4 is 23.1 Å². The van der Waals surface area contributed by atoms with Crippen LogP contribution in [0, 0.1) is 0 Å². The predicted octanol–water partition coefficient (Wildman–Crippen LogP) is 4.22. The molecule has 0 spiro atoms. The van der Waals surface area contributed by atoms with E-state index in [1.54, 1.807) is 12.5 Å². The van der Waals surface area contributed by atoms with Crippen LogP contribution in [-0.4, -0.2) is 38.8 Å². The predicted molar refractivity (Wildman–Crippen MR) is 117 cm³/mol. The Hall–Kier alpha value is -2.92. The number of fused-ring (bicyclic) bond motifs is 2. The number of aryl methyl sites for hydroxylation is 2. The highest BCUT2D eigenvalue weighted by molar-refractivity contribution is 6.30. The Kier molecular flexibility index (Phi) is 5.13. The van der Waals surface area contributed by atoms with Crippen LogP contribution in [0.25, 0.3) is 5.57 Å². The van der Waals surface area contributed by atoms with E-state index in [4.69, 9.17) is 16.6 Å². The summed E-state index contributed by atoms with van der Waals surface area (Å²) in [5.41, 5.74) is 8.30. The third kappa shape index (κ3) is 3.65. The Bertz CT molecular complexity index is 1110. The van der Waals surface area contributed by atoms with Crippen molar-refractivity contribution in [1.29, 1.82) is 0 Å². The highest BCUT2D eigenvalue weighted by Gasteiger charge is 2.26. The number of imidazole rings is 1. The summed E-state index contributed by atoms with van der Waals surface area (Å²) in [5, 5.41) is 0.774. The van der Waals surface area contributed by atoms with Crippen molar-refractivity contribution in [3.8, 4) is 0 Å². The quantitative estimate of drug-likeness (QED) is 0.677. The van der Waals surface area contributed by atoms with Gasteiger partial charge in [-0.05, 0) is 60.6 Å². The SMILES string of the molecule is O=C(Cc1c[nH]cn1)N1CCC(=C2c3ccc(Cl)cc3CCc3cccnc32)CC1. The number of halogens is 1. The average molecular weight is 419 g/mol. The van der Waals surface area contributed by atoms with E-state index < -0.39 is 0 Å². The molecule has 5 nitrogen and oxygen atoms in total. The largest absolute Gasteiger partial charge is 0.351 e. The monoisotopic (exact) mass is 418 g/mol. The second kappa shape index (κ2) is 8.07. The van der Waals surface area contributed by atoms with Crippen molar-refractivity contribution in [2.45, 2.75) is 32.1 Å². The molecule has 30 heavy (non-hydrogen) atoms.